The van der Waals surface area contributed by atoms with Crippen LogP contribution in [0.3, 0.4) is 0 Å². The molecule has 1 aliphatic carbocycles. The number of nitrogens with zero attached hydrogens (tertiary/aromatic N) is 2. The van der Waals surface area contributed by atoms with Gasteiger partial charge < -0.3 is 0 Å². The van der Waals surface area contributed by atoms with Crippen LogP contribution in [0.4, 0.5) is 4.39 Å². The van der Waals surface area contributed by atoms with Crippen molar-refractivity contribution in [2.45, 2.75) is 33.0 Å². The van der Waals surface area contributed by atoms with E-state index in [1.54, 1.807) is 23.9 Å². The summed E-state index contributed by atoms with van der Waals surface area (Å²) in [6.45, 7) is 4.22. The lowest BCUT2D eigenvalue weighted by molar-refractivity contribution is 0.0882. The van der Waals surface area contributed by atoms with Gasteiger partial charge in [-0.3, -0.25) is 9.48 Å². The summed E-state index contributed by atoms with van der Waals surface area (Å²) >= 11 is 0. The number of hydrogen-bond acceptors (Lipinski definition) is 2. The van der Waals surface area contributed by atoms with Crippen molar-refractivity contribution in [3.63, 3.8) is 0 Å². The lowest BCUT2D eigenvalue weighted by atomic mass is 10.0. The fourth-order valence-electron chi connectivity index (χ4n) is 1.62. The lowest BCUT2D eigenvalue weighted by Crippen LogP contribution is -2.19. The van der Waals surface area contributed by atoms with E-state index in [2.05, 4.69) is 5.10 Å². The van der Waals surface area contributed by atoms with E-state index < -0.39 is 11.6 Å². The molecule has 14 heavy (non-hydrogen) atoms. The molecule has 1 aliphatic rings. The molecule has 0 aromatic carbocycles. The molecule has 4 heteroatoms. The van der Waals surface area contributed by atoms with E-state index in [1.807, 2.05) is 6.92 Å². The third kappa shape index (κ3) is 1.17. The summed E-state index contributed by atoms with van der Waals surface area (Å²) in [5.74, 6) is -0.121. The number of rotatable bonds is 3. The molecular weight excluding hydrogens is 183 g/mol. The van der Waals surface area contributed by atoms with Gasteiger partial charge in [0.1, 0.15) is 11.9 Å². The largest absolute Gasteiger partial charge is 0.292 e. The minimum atomic E-state index is -0.977. The van der Waals surface area contributed by atoms with Gasteiger partial charge in [0.15, 0.2) is 5.78 Å². The summed E-state index contributed by atoms with van der Waals surface area (Å²) in [5, 5.41) is 4.00. The summed E-state index contributed by atoms with van der Waals surface area (Å²) in [5.41, 5.74) is -0.261. The van der Waals surface area contributed by atoms with Crippen LogP contribution in [0.25, 0.3) is 0 Å². The predicted molar refractivity (Wildman–Crippen MR) is 49.9 cm³/mol. The smallest absolute Gasteiger partial charge is 0.189 e. The van der Waals surface area contributed by atoms with Crippen molar-refractivity contribution in [2.75, 3.05) is 0 Å². The maximum absolute atomic E-state index is 13.0. The number of Topliss-reactive ketones (excluding diaryl/α,β-unsaturated/α-hetero) is 1. The summed E-state index contributed by atoms with van der Waals surface area (Å²) in [4.78, 5) is 11.9. The molecule has 0 radical (unpaired) electrons. The first kappa shape index (κ1) is 9.37. The molecule has 2 rings (SSSR count). The third-order valence-corrected chi connectivity index (χ3v) is 2.90. The van der Waals surface area contributed by atoms with Crippen molar-refractivity contribution >= 4 is 5.78 Å². The average Bonchev–Trinajstić information content (AvgIpc) is 2.67. The van der Waals surface area contributed by atoms with Crippen molar-refractivity contribution in [1.82, 2.24) is 9.78 Å². The first-order chi connectivity index (χ1) is 6.59. The molecule has 1 aromatic heterocycles. The number of hydrogen-bond donors (Lipinski definition) is 0. The van der Waals surface area contributed by atoms with Crippen LogP contribution in [0, 0.1) is 5.41 Å². The normalized spacial score (nSPS) is 30.4. The zero-order valence-electron chi connectivity index (χ0n) is 8.33. The Morgan fingerprint density at radius 1 is 1.86 bits per heavy atom. The highest BCUT2D eigenvalue weighted by Gasteiger charge is 2.57. The van der Waals surface area contributed by atoms with Crippen molar-refractivity contribution in [1.29, 1.82) is 0 Å². The molecule has 1 fully saturated rings. The van der Waals surface area contributed by atoms with Gasteiger partial charge in [-0.15, -0.1) is 0 Å². The van der Waals surface area contributed by atoms with Gasteiger partial charge in [-0.05, 0) is 26.3 Å². The fourth-order valence-corrected chi connectivity index (χ4v) is 1.62. The molecule has 1 aromatic rings. The predicted octanol–water partition coefficient (Wildman–Crippen LogP) is 1.83. The van der Waals surface area contributed by atoms with Crippen LogP contribution in [0.2, 0.25) is 0 Å². The summed E-state index contributed by atoms with van der Waals surface area (Å²) in [6.07, 6.45) is 0.950. The first-order valence-corrected chi connectivity index (χ1v) is 4.80. The number of aromatic nitrogens is 2. The van der Waals surface area contributed by atoms with Crippen LogP contribution >= 0.6 is 0 Å². The SMILES string of the molecule is CCn1nccc1C(=O)C1(C)CC1F. The standard InChI is InChI=1S/C10H13FN2O/c1-3-13-7(4-5-12-13)9(14)10(2)6-8(10)11/h4-5,8H,3,6H2,1-2H3. The summed E-state index contributed by atoms with van der Waals surface area (Å²) in [6, 6.07) is 1.65. The number of ketones is 1. The van der Waals surface area contributed by atoms with Gasteiger partial charge in [-0.1, -0.05) is 0 Å². The topological polar surface area (TPSA) is 34.9 Å². The number of carbonyl (C=O) groups excluding carboxylic acids is 1. The summed E-state index contributed by atoms with van der Waals surface area (Å²) < 4.78 is 14.6. The fraction of sp³-hybridized carbons (Fsp3) is 0.600. The molecule has 0 amide bonds. The van der Waals surface area contributed by atoms with Gasteiger partial charge in [0, 0.05) is 12.7 Å². The molecule has 3 nitrogen and oxygen atoms in total. The van der Waals surface area contributed by atoms with E-state index in [1.165, 1.54) is 0 Å². The molecular formula is C10H13FN2O. The minimum Gasteiger partial charge on any atom is -0.292 e. The Hall–Kier alpha value is -1.19. The Labute approximate surface area is 81.9 Å². The highest BCUT2D eigenvalue weighted by atomic mass is 19.1. The zero-order valence-corrected chi connectivity index (χ0v) is 8.33. The number of aryl methyl sites for hydroxylation is 1. The molecule has 0 spiro atoms. The van der Waals surface area contributed by atoms with Crippen LogP contribution in [0.1, 0.15) is 30.8 Å². The third-order valence-electron chi connectivity index (χ3n) is 2.90. The van der Waals surface area contributed by atoms with Crippen LogP contribution in [0.5, 0.6) is 0 Å². The van der Waals surface area contributed by atoms with Crippen molar-refractivity contribution < 1.29 is 9.18 Å². The van der Waals surface area contributed by atoms with E-state index in [-0.39, 0.29) is 5.78 Å². The van der Waals surface area contributed by atoms with Crippen LogP contribution in [0.15, 0.2) is 12.3 Å². The second-order valence-electron chi connectivity index (χ2n) is 3.95. The van der Waals surface area contributed by atoms with E-state index in [9.17, 15) is 9.18 Å². The van der Waals surface area contributed by atoms with E-state index in [0.29, 0.717) is 18.7 Å². The van der Waals surface area contributed by atoms with Gasteiger partial charge in [-0.2, -0.15) is 5.10 Å². The van der Waals surface area contributed by atoms with Crippen LogP contribution in [-0.4, -0.2) is 21.7 Å². The van der Waals surface area contributed by atoms with Crippen LogP contribution < -0.4 is 0 Å². The lowest BCUT2D eigenvalue weighted by Gasteiger charge is -2.08. The Kier molecular flexibility index (Phi) is 1.94. The van der Waals surface area contributed by atoms with Gasteiger partial charge in [-0.25, -0.2) is 4.39 Å². The Bertz CT molecular complexity index is 374. The van der Waals surface area contributed by atoms with Gasteiger partial charge in [0.2, 0.25) is 0 Å². The Balaban J connectivity index is 2.28. The minimum absolute atomic E-state index is 0.121. The molecule has 2 unspecified atom stereocenters. The van der Waals surface area contributed by atoms with Crippen molar-refractivity contribution in [3.05, 3.63) is 18.0 Å². The molecule has 1 heterocycles. The maximum Gasteiger partial charge on any atom is 0.189 e. The number of alkyl halides is 1. The first-order valence-electron chi connectivity index (χ1n) is 4.80. The quantitative estimate of drug-likeness (QED) is 0.691. The molecule has 0 bridgehead atoms. The van der Waals surface area contributed by atoms with Gasteiger partial charge in [0.05, 0.1) is 5.41 Å². The summed E-state index contributed by atoms with van der Waals surface area (Å²) in [7, 11) is 0. The highest BCUT2D eigenvalue weighted by Crippen LogP contribution is 2.50. The molecule has 76 valence electrons. The van der Waals surface area contributed by atoms with E-state index >= 15 is 0 Å². The highest BCUT2D eigenvalue weighted by molar-refractivity contribution is 6.01. The monoisotopic (exact) mass is 196 g/mol. The molecule has 0 saturated heterocycles. The Morgan fingerprint density at radius 2 is 2.50 bits per heavy atom. The molecule has 0 aliphatic heterocycles. The van der Waals surface area contributed by atoms with Crippen molar-refractivity contribution in [3.8, 4) is 0 Å². The van der Waals surface area contributed by atoms with Gasteiger partial charge >= 0.3 is 0 Å². The second-order valence-corrected chi connectivity index (χ2v) is 3.95. The Morgan fingerprint density at radius 3 is 3.00 bits per heavy atom. The maximum atomic E-state index is 13.0. The van der Waals surface area contributed by atoms with Gasteiger partial charge in [0.25, 0.3) is 0 Å². The zero-order chi connectivity index (χ0) is 10.3. The average molecular weight is 196 g/mol. The van der Waals surface area contributed by atoms with Crippen molar-refractivity contribution in [2.24, 2.45) is 5.41 Å². The second kappa shape index (κ2) is 2.90. The van der Waals surface area contributed by atoms with Crippen LogP contribution in [-0.2, 0) is 6.54 Å². The molecule has 0 N–H and O–H groups in total. The number of halogens is 1. The number of carbonyl (C=O) groups is 1. The molecule has 1 saturated carbocycles. The van der Waals surface area contributed by atoms with E-state index in [4.69, 9.17) is 0 Å². The molecule has 2 atom stereocenters. The van der Waals surface area contributed by atoms with E-state index in [0.717, 1.165) is 0 Å².